The van der Waals surface area contributed by atoms with Crippen molar-refractivity contribution < 1.29 is 28.2 Å². The van der Waals surface area contributed by atoms with Crippen LogP contribution >= 0.6 is 0 Å². The summed E-state index contributed by atoms with van der Waals surface area (Å²) in [4.78, 5) is 23.6. The Balaban J connectivity index is 2.09. The second-order valence-corrected chi connectivity index (χ2v) is 5.20. The third-order valence-corrected chi connectivity index (χ3v) is 2.85. The Bertz CT molecular complexity index is 567. The van der Waals surface area contributed by atoms with Crippen LogP contribution in [-0.2, 0) is 19.1 Å². The summed E-state index contributed by atoms with van der Waals surface area (Å²) in [6, 6.07) is 6.71. The van der Waals surface area contributed by atoms with Crippen molar-refractivity contribution in [2.45, 2.75) is 26.1 Å². The van der Waals surface area contributed by atoms with Gasteiger partial charge >= 0.3 is 11.9 Å². The largest absolute Gasteiger partial charge is 0.493 e. The zero-order chi connectivity index (χ0) is 16.2. The highest BCUT2D eigenvalue weighted by Crippen LogP contribution is 2.24. The average molecular weight is 308 g/mol. The first-order valence-corrected chi connectivity index (χ1v) is 6.88. The van der Waals surface area contributed by atoms with Gasteiger partial charge in [-0.05, 0) is 23.8 Å². The molecule has 1 aromatic carbocycles. The fourth-order valence-corrected chi connectivity index (χ4v) is 1.85. The number of carbonyl (C=O) groups is 2. The van der Waals surface area contributed by atoms with Gasteiger partial charge in [-0.15, -0.1) is 0 Å². The van der Waals surface area contributed by atoms with Gasteiger partial charge in [-0.25, -0.2) is 9.59 Å². The molecule has 1 aliphatic rings. The highest BCUT2D eigenvalue weighted by molar-refractivity contribution is 6.18. The summed E-state index contributed by atoms with van der Waals surface area (Å²) >= 11 is 0. The maximum Gasteiger partial charge on any atom is 0.348 e. The topological polar surface area (TPSA) is 61.8 Å². The van der Waals surface area contributed by atoms with Crippen LogP contribution < -0.4 is 4.74 Å². The number of hydrogen-bond acceptors (Lipinski definition) is 5. The Kier molecular flexibility index (Phi) is 4.80. The SMILES string of the molecule is CC1(C)OC(=O)C(=Cc2ccc(OCCCF)cc2)C(=O)O1. The van der Waals surface area contributed by atoms with Crippen LogP contribution in [0.5, 0.6) is 5.75 Å². The maximum atomic E-state index is 12.0. The van der Waals surface area contributed by atoms with Crippen molar-refractivity contribution in [1.82, 2.24) is 0 Å². The molecule has 0 aliphatic carbocycles. The first-order chi connectivity index (χ1) is 10.4. The summed E-state index contributed by atoms with van der Waals surface area (Å²) in [6.07, 6.45) is 1.73. The van der Waals surface area contributed by atoms with Gasteiger partial charge in [-0.2, -0.15) is 0 Å². The molecule has 6 heteroatoms. The zero-order valence-electron chi connectivity index (χ0n) is 12.4. The van der Waals surface area contributed by atoms with Crippen molar-refractivity contribution >= 4 is 18.0 Å². The average Bonchev–Trinajstić information content (AvgIpc) is 2.44. The van der Waals surface area contributed by atoms with E-state index in [0.717, 1.165) is 0 Å². The summed E-state index contributed by atoms with van der Waals surface area (Å²) in [5.74, 6) is -2.10. The predicted molar refractivity (Wildman–Crippen MR) is 76.8 cm³/mol. The van der Waals surface area contributed by atoms with Gasteiger partial charge in [0, 0.05) is 20.3 Å². The molecule has 0 amide bonds. The van der Waals surface area contributed by atoms with Crippen molar-refractivity contribution in [3.8, 4) is 5.75 Å². The quantitative estimate of drug-likeness (QED) is 0.362. The second kappa shape index (κ2) is 6.60. The van der Waals surface area contributed by atoms with Gasteiger partial charge in [0.1, 0.15) is 11.3 Å². The van der Waals surface area contributed by atoms with Crippen LogP contribution in [0.1, 0.15) is 25.8 Å². The van der Waals surface area contributed by atoms with Crippen LogP contribution in [0.2, 0.25) is 0 Å². The number of carbonyl (C=O) groups excluding carboxylic acids is 2. The summed E-state index contributed by atoms with van der Waals surface area (Å²) in [6.45, 7) is 2.85. The summed E-state index contributed by atoms with van der Waals surface area (Å²) in [7, 11) is 0. The molecule has 0 N–H and O–H groups in total. The van der Waals surface area contributed by atoms with Crippen molar-refractivity contribution in [3.05, 3.63) is 35.4 Å². The molecule has 118 valence electrons. The molecule has 5 nitrogen and oxygen atoms in total. The van der Waals surface area contributed by atoms with Gasteiger partial charge in [-0.1, -0.05) is 12.1 Å². The minimum absolute atomic E-state index is 0.162. The lowest BCUT2D eigenvalue weighted by molar-refractivity contribution is -0.222. The van der Waals surface area contributed by atoms with E-state index in [9.17, 15) is 14.0 Å². The van der Waals surface area contributed by atoms with E-state index in [1.54, 1.807) is 24.3 Å². The van der Waals surface area contributed by atoms with E-state index in [1.807, 2.05) is 0 Å². The van der Waals surface area contributed by atoms with Crippen molar-refractivity contribution in [1.29, 1.82) is 0 Å². The highest BCUT2D eigenvalue weighted by atomic mass is 19.1. The van der Waals surface area contributed by atoms with Gasteiger partial charge in [0.05, 0.1) is 13.3 Å². The maximum absolute atomic E-state index is 12.0. The number of esters is 2. The van der Waals surface area contributed by atoms with Crippen molar-refractivity contribution in [2.75, 3.05) is 13.3 Å². The number of halogens is 1. The lowest BCUT2D eigenvalue weighted by Crippen LogP contribution is -2.41. The fourth-order valence-electron chi connectivity index (χ4n) is 1.85. The predicted octanol–water partition coefficient (Wildman–Crippen LogP) is 2.64. The molecule has 1 aromatic rings. The first-order valence-electron chi connectivity index (χ1n) is 6.88. The van der Waals surface area contributed by atoms with Gasteiger partial charge in [0.25, 0.3) is 5.79 Å². The fraction of sp³-hybridized carbons (Fsp3) is 0.375. The number of rotatable bonds is 5. The third-order valence-electron chi connectivity index (χ3n) is 2.85. The number of alkyl halides is 1. The van der Waals surface area contributed by atoms with Crippen LogP contribution in [0, 0.1) is 0 Å². The molecule has 0 spiro atoms. The van der Waals surface area contributed by atoms with Gasteiger partial charge < -0.3 is 14.2 Å². The second-order valence-electron chi connectivity index (χ2n) is 5.20. The Morgan fingerprint density at radius 3 is 2.27 bits per heavy atom. The lowest BCUT2D eigenvalue weighted by Gasteiger charge is -2.29. The Hall–Kier alpha value is -2.37. The van der Waals surface area contributed by atoms with Crippen LogP contribution in [0.3, 0.4) is 0 Å². The number of cyclic esters (lactones) is 2. The molecule has 0 atom stereocenters. The Morgan fingerprint density at radius 2 is 1.73 bits per heavy atom. The third kappa shape index (κ3) is 4.07. The van der Waals surface area contributed by atoms with E-state index >= 15 is 0 Å². The minimum atomic E-state index is -1.25. The van der Waals surface area contributed by atoms with Crippen molar-refractivity contribution in [2.24, 2.45) is 0 Å². The number of hydrogen-bond donors (Lipinski definition) is 0. The minimum Gasteiger partial charge on any atom is -0.493 e. The molecule has 1 fully saturated rings. The monoisotopic (exact) mass is 308 g/mol. The molecular weight excluding hydrogens is 291 g/mol. The Labute approximate surface area is 127 Å². The molecule has 0 saturated carbocycles. The standard InChI is InChI=1S/C16H17FO5/c1-16(2)21-14(18)13(15(19)22-16)10-11-4-6-12(7-5-11)20-9-3-8-17/h4-7,10H,3,8-9H2,1-2H3. The van der Waals surface area contributed by atoms with Crippen LogP contribution in [0.4, 0.5) is 4.39 Å². The highest BCUT2D eigenvalue weighted by Gasteiger charge is 2.38. The molecule has 1 saturated heterocycles. The first kappa shape index (κ1) is 16.0. The van der Waals surface area contributed by atoms with E-state index in [2.05, 4.69) is 0 Å². The molecule has 22 heavy (non-hydrogen) atoms. The smallest absolute Gasteiger partial charge is 0.348 e. The molecule has 0 aromatic heterocycles. The molecule has 0 unspecified atom stereocenters. The van der Waals surface area contributed by atoms with E-state index in [4.69, 9.17) is 14.2 Å². The molecule has 1 heterocycles. The normalized spacial score (nSPS) is 16.8. The van der Waals surface area contributed by atoms with Crippen LogP contribution in [0.15, 0.2) is 29.8 Å². The van der Waals surface area contributed by atoms with E-state index in [-0.39, 0.29) is 5.57 Å². The zero-order valence-corrected chi connectivity index (χ0v) is 12.4. The van der Waals surface area contributed by atoms with E-state index in [0.29, 0.717) is 24.3 Å². The molecule has 0 bridgehead atoms. The molecular formula is C16H17FO5. The number of ether oxygens (including phenoxy) is 3. The van der Waals surface area contributed by atoms with E-state index in [1.165, 1.54) is 19.9 Å². The van der Waals surface area contributed by atoms with E-state index < -0.39 is 24.4 Å². The molecule has 0 radical (unpaired) electrons. The Morgan fingerprint density at radius 1 is 1.14 bits per heavy atom. The summed E-state index contributed by atoms with van der Waals surface area (Å²) in [5.41, 5.74) is 0.465. The van der Waals surface area contributed by atoms with Crippen molar-refractivity contribution in [3.63, 3.8) is 0 Å². The molecule has 2 rings (SSSR count). The van der Waals surface area contributed by atoms with Crippen LogP contribution in [0.25, 0.3) is 6.08 Å². The molecule has 1 aliphatic heterocycles. The van der Waals surface area contributed by atoms with Gasteiger partial charge in [-0.3, -0.25) is 4.39 Å². The summed E-state index contributed by atoms with van der Waals surface area (Å²) < 4.78 is 27.3. The lowest BCUT2D eigenvalue weighted by atomic mass is 10.1. The summed E-state index contributed by atoms with van der Waals surface area (Å²) in [5, 5.41) is 0. The number of benzene rings is 1. The van der Waals surface area contributed by atoms with Gasteiger partial charge in [0.2, 0.25) is 0 Å². The van der Waals surface area contributed by atoms with Crippen LogP contribution in [-0.4, -0.2) is 31.0 Å². The van der Waals surface area contributed by atoms with Gasteiger partial charge in [0.15, 0.2) is 0 Å².